The van der Waals surface area contributed by atoms with Crippen molar-refractivity contribution in [3.05, 3.63) is 94.5 Å². The molecule has 4 heterocycles. The molecule has 59 heavy (non-hydrogen) atoms. The molecule has 3 aromatic carbocycles. The highest BCUT2D eigenvalue weighted by atomic mass is 16.6. The predicted molar refractivity (Wildman–Crippen MR) is 220 cm³/mol. The lowest BCUT2D eigenvalue weighted by molar-refractivity contribution is -0.156. The molecule has 4 aliphatic rings. The number of nitrogens with zero attached hydrogens (tertiary/aromatic N) is 4. The molecule has 1 radical (unpaired) electrons. The fourth-order valence-corrected chi connectivity index (χ4v) is 9.32. The minimum Gasteiger partial charge on any atom is -0.488 e. The first-order valence-electron chi connectivity index (χ1n) is 20.8. The Hall–Kier alpha value is -5.63. The molecule has 7 rings (SSSR count). The summed E-state index contributed by atoms with van der Waals surface area (Å²) in [5.41, 5.74) is 4.28. The number of nitrogens with one attached hydrogen (secondary N) is 1. The van der Waals surface area contributed by atoms with Crippen molar-refractivity contribution in [3.8, 4) is 5.75 Å². The summed E-state index contributed by atoms with van der Waals surface area (Å²) in [6.07, 6.45) is 1.26. The molecule has 3 fully saturated rings. The fourth-order valence-electron chi connectivity index (χ4n) is 9.32. The number of aryl methyl sites for hydroxylation is 2. The van der Waals surface area contributed by atoms with Gasteiger partial charge in [-0.2, -0.15) is 4.90 Å². The van der Waals surface area contributed by atoms with Crippen LogP contribution in [0, 0.1) is 19.8 Å². The van der Waals surface area contributed by atoms with Crippen molar-refractivity contribution in [2.75, 3.05) is 51.1 Å². The number of hydrogen-bond acceptors (Lipinski definition) is 8. The van der Waals surface area contributed by atoms with Gasteiger partial charge in [0.1, 0.15) is 25.4 Å². The Morgan fingerprint density at radius 1 is 0.831 bits per heavy atom. The summed E-state index contributed by atoms with van der Waals surface area (Å²) in [4.78, 5) is 72.9. The molecule has 0 saturated carbocycles. The number of amides is 4. The van der Waals surface area contributed by atoms with E-state index < -0.39 is 41.5 Å². The molecule has 14 nitrogen and oxygen atoms in total. The van der Waals surface area contributed by atoms with E-state index in [9.17, 15) is 34.2 Å². The van der Waals surface area contributed by atoms with Gasteiger partial charge < -0.3 is 39.7 Å². The van der Waals surface area contributed by atoms with Crippen LogP contribution in [0.5, 0.6) is 5.75 Å². The van der Waals surface area contributed by atoms with Crippen LogP contribution >= 0.6 is 0 Å². The lowest BCUT2D eigenvalue weighted by atomic mass is 9.82. The highest BCUT2D eigenvalue weighted by Gasteiger charge is 2.56. The summed E-state index contributed by atoms with van der Waals surface area (Å²) < 4.78 is 12.3. The lowest BCUT2D eigenvalue weighted by Crippen LogP contribution is -2.66. The van der Waals surface area contributed by atoms with Crippen molar-refractivity contribution in [1.29, 1.82) is 0 Å². The van der Waals surface area contributed by atoms with Crippen molar-refractivity contribution >= 4 is 35.7 Å². The summed E-state index contributed by atoms with van der Waals surface area (Å²) in [5.74, 6) is -1.99. The number of carbonyl (C=O) groups excluding carboxylic acids is 3. The molecule has 3 saturated heterocycles. The number of carboxylic acid groups (broad SMARTS) is 2. The molecule has 14 heteroatoms. The third kappa shape index (κ3) is 9.32. The highest BCUT2D eigenvalue weighted by molar-refractivity contribution is 5.91. The number of likely N-dealkylation sites (tertiary alicyclic amines) is 3. The molecule has 313 valence electrons. The molecule has 3 aromatic rings. The van der Waals surface area contributed by atoms with E-state index in [0.717, 1.165) is 45.7 Å². The zero-order valence-corrected chi connectivity index (χ0v) is 33.9. The van der Waals surface area contributed by atoms with Crippen LogP contribution in [0.15, 0.2) is 66.7 Å². The van der Waals surface area contributed by atoms with E-state index in [1.807, 2.05) is 90.4 Å². The molecule has 0 spiro atoms. The third-order valence-corrected chi connectivity index (χ3v) is 12.7. The lowest BCUT2D eigenvalue weighted by Gasteiger charge is -2.41. The fraction of sp³-hybridized carbons (Fsp3) is 0.489. The van der Waals surface area contributed by atoms with Gasteiger partial charge >= 0.3 is 24.1 Å². The first-order valence-corrected chi connectivity index (χ1v) is 20.8. The summed E-state index contributed by atoms with van der Waals surface area (Å²) in [5, 5.41) is 23.0. The predicted octanol–water partition coefficient (Wildman–Crippen LogP) is 5.57. The molecule has 0 aliphatic carbocycles. The van der Waals surface area contributed by atoms with E-state index >= 15 is 0 Å². The van der Waals surface area contributed by atoms with E-state index in [0.29, 0.717) is 65.0 Å². The number of piperidine rings is 3. The van der Waals surface area contributed by atoms with Crippen LogP contribution in [-0.2, 0) is 38.6 Å². The normalized spacial score (nSPS) is 19.6. The van der Waals surface area contributed by atoms with Crippen LogP contribution in [0.3, 0.4) is 0 Å². The van der Waals surface area contributed by atoms with Gasteiger partial charge in [-0.1, -0.05) is 60.7 Å². The van der Waals surface area contributed by atoms with Gasteiger partial charge in [-0.05, 0) is 67.0 Å². The number of rotatable bonds is 11. The smallest absolute Gasteiger partial charge is 0.410 e. The molecule has 4 aliphatic heterocycles. The number of hydrogen-bond donors (Lipinski definition) is 3. The Morgan fingerprint density at radius 3 is 2.12 bits per heavy atom. The van der Waals surface area contributed by atoms with Crippen LogP contribution in [0.4, 0.5) is 15.3 Å². The zero-order valence-electron chi connectivity index (χ0n) is 33.9. The first kappa shape index (κ1) is 41.5. The molecule has 1 atom stereocenters. The van der Waals surface area contributed by atoms with Gasteiger partial charge in [0.05, 0.1) is 5.92 Å². The van der Waals surface area contributed by atoms with Gasteiger partial charge in [0.2, 0.25) is 5.54 Å². The number of para-hydroxylation sites is 1. The van der Waals surface area contributed by atoms with Crippen molar-refractivity contribution in [2.24, 2.45) is 5.92 Å². The van der Waals surface area contributed by atoms with Gasteiger partial charge in [-0.3, -0.25) is 9.59 Å². The van der Waals surface area contributed by atoms with E-state index in [1.165, 1.54) is 0 Å². The van der Waals surface area contributed by atoms with Gasteiger partial charge in [-0.15, -0.1) is 0 Å². The molecular weight excluding hydrogens is 755 g/mol. The highest BCUT2D eigenvalue weighted by Crippen LogP contribution is 2.33. The van der Waals surface area contributed by atoms with Crippen LogP contribution in [0.1, 0.15) is 66.3 Å². The molecule has 0 aromatic heterocycles. The average Bonchev–Trinajstić information content (AvgIpc) is 3.41. The number of ether oxygens (including phenoxy) is 2. The number of fused-ring (bicyclic) bond motifs is 1. The van der Waals surface area contributed by atoms with E-state index in [-0.39, 0.29) is 44.4 Å². The van der Waals surface area contributed by atoms with Crippen molar-refractivity contribution in [2.45, 2.75) is 89.5 Å². The standard InChI is InChI=1S/C45H55N5O9/c1-30-26-33(27-31(2)39(30)58-29-32-8-4-3-5-9-32)28-38(40(51)47-24-17-45(18-25-47,42(54)55)49-21-12-35(13-22-49)41(52)53)59-44(57)48-19-15-36(16-20-48)50-23-14-34-10-6-7-11-37(34)46-43(50)56/h3-11,26-27,35-36,38H,12-25,28-29H2,1-2H3,(H,46,56)(H,52,53)(H,54,55)/q+1/t38-/m1/s1. The van der Waals surface area contributed by atoms with E-state index in [4.69, 9.17) is 9.47 Å². The summed E-state index contributed by atoms with van der Waals surface area (Å²) in [7, 11) is 0. The zero-order chi connectivity index (χ0) is 41.7. The van der Waals surface area contributed by atoms with E-state index in [2.05, 4.69) is 5.32 Å². The number of benzene rings is 3. The van der Waals surface area contributed by atoms with Crippen LogP contribution in [0.2, 0.25) is 0 Å². The summed E-state index contributed by atoms with van der Waals surface area (Å²) >= 11 is 0. The van der Waals surface area contributed by atoms with Gasteiger partial charge in [0.15, 0.2) is 6.10 Å². The second-order valence-electron chi connectivity index (χ2n) is 16.4. The second-order valence-corrected chi connectivity index (χ2v) is 16.4. The molecule has 0 unspecified atom stereocenters. The topological polar surface area (TPSA) is 172 Å². The third-order valence-electron chi connectivity index (χ3n) is 12.7. The van der Waals surface area contributed by atoms with Gasteiger partial charge in [-0.25, -0.2) is 14.4 Å². The van der Waals surface area contributed by atoms with Crippen molar-refractivity contribution < 1.29 is 43.7 Å². The van der Waals surface area contributed by atoms with Crippen LogP contribution in [-0.4, -0.2) is 118 Å². The number of urea groups is 1. The van der Waals surface area contributed by atoms with Gasteiger partial charge in [0.25, 0.3) is 5.91 Å². The molecule has 3 N–H and O–H groups in total. The number of carbonyl (C=O) groups is 5. The van der Waals surface area contributed by atoms with Crippen molar-refractivity contribution in [1.82, 2.24) is 19.6 Å². The number of aliphatic carboxylic acids is 2. The number of carboxylic acids is 2. The first-order chi connectivity index (χ1) is 28.4. The molecule has 4 amide bonds. The largest absolute Gasteiger partial charge is 0.488 e. The molecular formula is C45H55N5O9+. The maximum atomic E-state index is 14.4. The molecule has 0 bridgehead atoms. The van der Waals surface area contributed by atoms with Crippen molar-refractivity contribution in [3.63, 3.8) is 0 Å². The SMILES string of the molecule is Cc1cc(C[C@@H](OC(=O)N2CCC(N3CCc4ccccc4NC3=O)CC2)C(=O)N2CCC(C(=O)O)([N+]3CCC(C(=O)O)CC3)CC2)cc(C)c1OCc1ccccc1. The summed E-state index contributed by atoms with van der Waals surface area (Å²) in [6, 6.07) is 21.4. The maximum absolute atomic E-state index is 14.4. The average molecular weight is 810 g/mol. The Balaban J connectivity index is 1.04. The quantitative estimate of drug-likeness (QED) is 0.210. The Bertz CT molecular complexity index is 2000. The summed E-state index contributed by atoms with van der Waals surface area (Å²) in [6.45, 7) is 6.59. The van der Waals surface area contributed by atoms with E-state index in [1.54, 1.807) is 9.80 Å². The minimum absolute atomic E-state index is 0.0582. The van der Waals surface area contributed by atoms with Gasteiger partial charge in [0, 0.05) is 76.6 Å². The number of anilines is 1. The second kappa shape index (κ2) is 18.1. The van der Waals surface area contributed by atoms with Crippen LogP contribution in [0.25, 0.3) is 0 Å². The minimum atomic E-state index is -1.21. The maximum Gasteiger partial charge on any atom is 0.410 e. The Labute approximate surface area is 345 Å². The Kier molecular flexibility index (Phi) is 12.7. The van der Waals surface area contributed by atoms with Crippen LogP contribution < -0.4 is 15.0 Å². The monoisotopic (exact) mass is 809 g/mol. The Morgan fingerprint density at radius 2 is 1.47 bits per heavy atom.